The van der Waals surface area contributed by atoms with E-state index in [9.17, 15) is 18.0 Å². The van der Waals surface area contributed by atoms with E-state index in [0.29, 0.717) is 36.1 Å². The molecule has 0 radical (unpaired) electrons. The van der Waals surface area contributed by atoms with Crippen LogP contribution in [-0.4, -0.2) is 70.3 Å². The zero-order valence-electron chi connectivity index (χ0n) is 23.3. The lowest BCUT2D eigenvalue weighted by Crippen LogP contribution is -2.49. The first-order chi connectivity index (χ1) is 18.5. The van der Waals surface area contributed by atoms with E-state index >= 15 is 0 Å². The van der Waals surface area contributed by atoms with Crippen molar-refractivity contribution in [2.45, 2.75) is 58.7 Å². The minimum atomic E-state index is -3.63. The van der Waals surface area contributed by atoms with Gasteiger partial charge in [0.15, 0.2) is 11.5 Å². The quantitative estimate of drug-likeness (QED) is 0.399. The van der Waals surface area contributed by atoms with Crippen molar-refractivity contribution in [3.63, 3.8) is 0 Å². The minimum Gasteiger partial charge on any atom is -0.497 e. The van der Waals surface area contributed by atoms with Gasteiger partial charge in [0.1, 0.15) is 25.0 Å². The molecule has 0 aromatic heterocycles. The summed E-state index contributed by atoms with van der Waals surface area (Å²) in [5, 5.41) is 2.95. The zero-order chi connectivity index (χ0) is 28.6. The first-order valence-corrected chi connectivity index (χ1v) is 15.0. The number of methoxy groups -OCH3 is 1. The summed E-state index contributed by atoms with van der Waals surface area (Å²) in [6.45, 7) is 6.71. The molecule has 0 bridgehead atoms. The maximum atomic E-state index is 13.5. The van der Waals surface area contributed by atoms with Crippen LogP contribution in [0.5, 0.6) is 17.2 Å². The highest BCUT2D eigenvalue weighted by Gasteiger charge is 2.27. The lowest BCUT2D eigenvalue weighted by atomic mass is 10.1. The Kier molecular flexibility index (Phi) is 10.4. The molecule has 0 aliphatic carbocycles. The van der Waals surface area contributed by atoms with E-state index in [0.717, 1.165) is 18.2 Å². The number of nitrogens with one attached hydrogen (secondary N) is 1. The van der Waals surface area contributed by atoms with Gasteiger partial charge in [0.2, 0.25) is 21.8 Å². The third kappa shape index (κ3) is 8.26. The fourth-order valence-electron chi connectivity index (χ4n) is 4.21. The topological polar surface area (TPSA) is 114 Å². The number of anilines is 1. The smallest absolute Gasteiger partial charge is 0.242 e. The number of carbonyl (C=O) groups is 2. The molecule has 39 heavy (non-hydrogen) atoms. The number of hydrogen-bond acceptors (Lipinski definition) is 7. The SMILES string of the molecule is CCC(C)NC(=O)C(C)N(Cc1cccc(OC)c1)C(=O)CCCN(c1ccc2c(c1)OCCO2)S(C)(=O)=O. The van der Waals surface area contributed by atoms with Gasteiger partial charge in [-0.25, -0.2) is 8.42 Å². The largest absolute Gasteiger partial charge is 0.497 e. The summed E-state index contributed by atoms with van der Waals surface area (Å²) in [6, 6.07) is 11.6. The normalized spacial score (nSPS) is 14.2. The van der Waals surface area contributed by atoms with Gasteiger partial charge in [0, 0.05) is 31.6 Å². The molecular weight excluding hydrogens is 522 g/mol. The molecule has 2 aromatic rings. The second-order valence-corrected chi connectivity index (χ2v) is 11.5. The molecule has 1 aliphatic heterocycles. The minimum absolute atomic E-state index is 0.0250. The summed E-state index contributed by atoms with van der Waals surface area (Å²) in [7, 11) is -2.06. The van der Waals surface area contributed by atoms with Crippen LogP contribution in [0.1, 0.15) is 45.6 Å². The summed E-state index contributed by atoms with van der Waals surface area (Å²) >= 11 is 0. The predicted octanol–water partition coefficient (Wildman–Crippen LogP) is 3.34. The van der Waals surface area contributed by atoms with Crippen molar-refractivity contribution in [2.24, 2.45) is 0 Å². The van der Waals surface area contributed by atoms with Crippen molar-refractivity contribution >= 4 is 27.5 Å². The number of fused-ring (bicyclic) bond motifs is 1. The molecule has 1 N–H and O–H groups in total. The predicted molar refractivity (Wildman–Crippen MR) is 150 cm³/mol. The molecule has 3 rings (SSSR count). The first kappa shape index (κ1) is 30.1. The van der Waals surface area contributed by atoms with E-state index in [1.54, 1.807) is 32.2 Å². The number of ether oxygens (including phenoxy) is 3. The molecule has 2 amide bonds. The Morgan fingerprint density at radius 1 is 1.08 bits per heavy atom. The number of sulfonamides is 1. The summed E-state index contributed by atoms with van der Waals surface area (Å²) in [6.07, 6.45) is 2.21. The van der Waals surface area contributed by atoms with Gasteiger partial charge in [-0.05, 0) is 56.5 Å². The Bertz CT molecular complexity index is 1250. The maximum Gasteiger partial charge on any atom is 0.242 e. The molecule has 2 aromatic carbocycles. The summed E-state index contributed by atoms with van der Waals surface area (Å²) in [5.41, 5.74) is 1.25. The van der Waals surface area contributed by atoms with Crippen LogP contribution in [0, 0.1) is 0 Å². The van der Waals surface area contributed by atoms with Gasteiger partial charge < -0.3 is 24.4 Å². The van der Waals surface area contributed by atoms with Crippen LogP contribution in [0.15, 0.2) is 42.5 Å². The Balaban J connectivity index is 1.75. The molecule has 0 saturated heterocycles. The highest BCUT2D eigenvalue weighted by molar-refractivity contribution is 7.92. The summed E-state index contributed by atoms with van der Waals surface area (Å²) < 4.78 is 43.0. The summed E-state index contributed by atoms with van der Waals surface area (Å²) in [4.78, 5) is 28.0. The van der Waals surface area contributed by atoms with Crippen LogP contribution in [0.3, 0.4) is 0 Å². The molecule has 0 fully saturated rings. The molecule has 10 nitrogen and oxygen atoms in total. The molecule has 11 heteroatoms. The fourth-order valence-corrected chi connectivity index (χ4v) is 5.16. The maximum absolute atomic E-state index is 13.5. The number of rotatable bonds is 13. The number of amides is 2. The van der Waals surface area contributed by atoms with Gasteiger partial charge in [-0.3, -0.25) is 13.9 Å². The van der Waals surface area contributed by atoms with Gasteiger partial charge in [-0.1, -0.05) is 19.1 Å². The molecule has 1 heterocycles. The van der Waals surface area contributed by atoms with Gasteiger partial charge >= 0.3 is 0 Å². The van der Waals surface area contributed by atoms with Gasteiger partial charge in [0.25, 0.3) is 0 Å². The van der Waals surface area contributed by atoms with E-state index in [2.05, 4.69) is 5.32 Å². The van der Waals surface area contributed by atoms with Crippen molar-refractivity contribution in [3.05, 3.63) is 48.0 Å². The second kappa shape index (κ2) is 13.5. The fraction of sp³-hybridized carbons (Fsp3) is 0.500. The number of nitrogens with zero attached hydrogens (tertiary/aromatic N) is 2. The lowest BCUT2D eigenvalue weighted by Gasteiger charge is -2.30. The van der Waals surface area contributed by atoms with Crippen molar-refractivity contribution in [3.8, 4) is 17.2 Å². The molecular formula is C28H39N3O7S. The van der Waals surface area contributed by atoms with Crippen LogP contribution < -0.4 is 23.8 Å². The molecule has 214 valence electrons. The average molecular weight is 562 g/mol. The van der Waals surface area contributed by atoms with E-state index in [-0.39, 0.29) is 43.8 Å². The number of carbonyl (C=O) groups excluding carboxylic acids is 2. The van der Waals surface area contributed by atoms with Gasteiger partial charge in [-0.2, -0.15) is 0 Å². The van der Waals surface area contributed by atoms with Crippen molar-refractivity contribution < 1.29 is 32.2 Å². The first-order valence-electron chi connectivity index (χ1n) is 13.1. The molecule has 0 spiro atoms. The van der Waals surface area contributed by atoms with Crippen molar-refractivity contribution in [2.75, 3.05) is 37.4 Å². The van der Waals surface area contributed by atoms with Crippen LogP contribution in [0.2, 0.25) is 0 Å². The number of hydrogen-bond donors (Lipinski definition) is 1. The van der Waals surface area contributed by atoms with Gasteiger partial charge in [0.05, 0.1) is 19.1 Å². The zero-order valence-corrected chi connectivity index (χ0v) is 24.1. The van der Waals surface area contributed by atoms with Gasteiger partial charge in [-0.15, -0.1) is 0 Å². The Hall–Kier alpha value is -3.47. The van der Waals surface area contributed by atoms with Crippen LogP contribution in [0.25, 0.3) is 0 Å². The van der Waals surface area contributed by atoms with E-state index in [1.807, 2.05) is 38.1 Å². The lowest BCUT2D eigenvalue weighted by molar-refractivity contribution is -0.140. The Morgan fingerprint density at radius 2 is 1.79 bits per heavy atom. The standard InChI is InChI=1S/C28H39N3O7S/c1-6-20(2)29-28(33)21(3)30(19-22-9-7-10-24(17-22)36-4)27(32)11-8-14-31(39(5,34)35)23-12-13-25-26(18-23)38-16-15-37-25/h7,9-10,12-13,17-18,20-21H,6,8,11,14-16,19H2,1-5H3,(H,29,33). The second-order valence-electron chi connectivity index (χ2n) is 9.63. The van der Waals surface area contributed by atoms with E-state index in [4.69, 9.17) is 14.2 Å². The third-order valence-corrected chi connectivity index (χ3v) is 7.82. The highest BCUT2D eigenvalue weighted by atomic mass is 32.2. The Morgan fingerprint density at radius 3 is 2.46 bits per heavy atom. The summed E-state index contributed by atoms with van der Waals surface area (Å²) in [5.74, 6) is 1.20. The van der Waals surface area contributed by atoms with E-state index < -0.39 is 16.1 Å². The van der Waals surface area contributed by atoms with Crippen molar-refractivity contribution in [1.29, 1.82) is 0 Å². The molecule has 2 atom stereocenters. The van der Waals surface area contributed by atoms with Crippen LogP contribution in [-0.2, 0) is 26.2 Å². The van der Waals surface area contributed by atoms with Crippen LogP contribution in [0.4, 0.5) is 5.69 Å². The molecule has 2 unspecified atom stereocenters. The molecule has 0 saturated carbocycles. The number of benzene rings is 2. The monoisotopic (exact) mass is 561 g/mol. The molecule has 1 aliphatic rings. The highest BCUT2D eigenvalue weighted by Crippen LogP contribution is 2.34. The average Bonchev–Trinajstić information content (AvgIpc) is 2.92. The van der Waals surface area contributed by atoms with Crippen LogP contribution >= 0.6 is 0 Å². The Labute approximate surface area is 231 Å². The van der Waals surface area contributed by atoms with Crippen molar-refractivity contribution in [1.82, 2.24) is 10.2 Å². The van der Waals surface area contributed by atoms with E-state index in [1.165, 1.54) is 9.21 Å². The third-order valence-electron chi connectivity index (χ3n) is 6.62.